The molecule has 6 nitrogen and oxygen atoms in total. The van der Waals surface area contributed by atoms with Crippen molar-refractivity contribution in [3.05, 3.63) is 48.2 Å². The summed E-state index contributed by atoms with van der Waals surface area (Å²) in [5, 5.41) is 5.49. The number of hydrogen-bond acceptors (Lipinski definition) is 4. The van der Waals surface area contributed by atoms with Gasteiger partial charge in [0.25, 0.3) is 5.91 Å². The Morgan fingerprint density at radius 1 is 1.07 bits per heavy atom. The van der Waals surface area contributed by atoms with Gasteiger partial charge in [-0.2, -0.15) is 0 Å². The predicted molar refractivity (Wildman–Crippen MR) is 105 cm³/mol. The van der Waals surface area contributed by atoms with Crippen LogP contribution in [-0.2, 0) is 4.79 Å². The van der Waals surface area contributed by atoms with E-state index in [0.29, 0.717) is 35.3 Å². The van der Waals surface area contributed by atoms with Gasteiger partial charge in [0, 0.05) is 24.4 Å². The first kappa shape index (κ1) is 18.9. The number of aromatic nitrogens is 1. The molecule has 0 bridgehead atoms. The van der Waals surface area contributed by atoms with Crippen molar-refractivity contribution >= 4 is 23.3 Å². The lowest BCUT2D eigenvalue weighted by Crippen LogP contribution is -2.17. The van der Waals surface area contributed by atoms with Crippen molar-refractivity contribution in [3.63, 3.8) is 0 Å². The first-order chi connectivity index (χ1) is 13.1. The number of rotatable bonds is 6. The van der Waals surface area contributed by atoms with Crippen LogP contribution in [-0.4, -0.2) is 23.4 Å². The van der Waals surface area contributed by atoms with Crippen LogP contribution in [0.25, 0.3) is 0 Å². The molecular weight excluding hydrogens is 342 g/mol. The summed E-state index contributed by atoms with van der Waals surface area (Å²) in [6.45, 7) is 2.09. The summed E-state index contributed by atoms with van der Waals surface area (Å²) in [5.41, 5.74) is 1.13. The second kappa shape index (κ2) is 9.16. The summed E-state index contributed by atoms with van der Waals surface area (Å²) in [4.78, 5) is 27.8. The molecule has 1 aromatic carbocycles. The largest absolute Gasteiger partial charge is 0.489 e. The van der Waals surface area contributed by atoms with Gasteiger partial charge >= 0.3 is 0 Å². The molecule has 27 heavy (non-hydrogen) atoms. The van der Waals surface area contributed by atoms with Crippen molar-refractivity contribution in [3.8, 4) is 5.75 Å². The molecule has 2 N–H and O–H groups in total. The van der Waals surface area contributed by atoms with Crippen molar-refractivity contribution in [2.75, 3.05) is 17.2 Å². The SMILES string of the molecule is CC(=O)Nc1ccc(C(=O)Nc2ncccc2OCC2CCCCC2)cc1. The van der Waals surface area contributed by atoms with Crippen LogP contribution >= 0.6 is 0 Å². The van der Waals surface area contributed by atoms with Gasteiger partial charge in [0.05, 0.1) is 6.61 Å². The van der Waals surface area contributed by atoms with Gasteiger partial charge in [0.15, 0.2) is 11.6 Å². The molecule has 0 aliphatic heterocycles. The van der Waals surface area contributed by atoms with E-state index in [1.165, 1.54) is 39.0 Å². The fourth-order valence-electron chi connectivity index (χ4n) is 3.25. The zero-order chi connectivity index (χ0) is 19.1. The molecule has 3 rings (SSSR count). The fourth-order valence-corrected chi connectivity index (χ4v) is 3.25. The fraction of sp³-hybridized carbons (Fsp3) is 0.381. The van der Waals surface area contributed by atoms with Gasteiger partial charge in [0.2, 0.25) is 5.91 Å². The number of carbonyl (C=O) groups is 2. The van der Waals surface area contributed by atoms with E-state index in [1.807, 2.05) is 6.07 Å². The van der Waals surface area contributed by atoms with Gasteiger partial charge in [-0.1, -0.05) is 19.3 Å². The molecule has 0 atom stereocenters. The summed E-state index contributed by atoms with van der Waals surface area (Å²) >= 11 is 0. The number of pyridine rings is 1. The van der Waals surface area contributed by atoms with Crippen molar-refractivity contribution in [1.82, 2.24) is 4.98 Å². The molecule has 1 heterocycles. The Morgan fingerprint density at radius 3 is 2.52 bits per heavy atom. The lowest BCUT2D eigenvalue weighted by molar-refractivity contribution is -0.114. The Balaban J connectivity index is 1.62. The second-order valence-corrected chi connectivity index (χ2v) is 6.88. The Kier molecular flexibility index (Phi) is 6.41. The molecule has 1 aliphatic rings. The molecule has 0 saturated heterocycles. The van der Waals surface area contributed by atoms with Gasteiger partial charge in [-0.3, -0.25) is 9.59 Å². The summed E-state index contributed by atoms with van der Waals surface area (Å²) < 4.78 is 5.95. The molecule has 2 amide bonds. The normalized spacial score (nSPS) is 14.4. The molecule has 1 fully saturated rings. The molecular formula is C21H25N3O3. The maximum atomic E-state index is 12.5. The Bertz CT molecular complexity index is 784. The first-order valence-corrected chi connectivity index (χ1v) is 9.38. The molecule has 0 spiro atoms. The van der Waals surface area contributed by atoms with E-state index in [0.717, 1.165) is 0 Å². The molecule has 0 unspecified atom stereocenters. The van der Waals surface area contributed by atoms with Gasteiger partial charge < -0.3 is 15.4 Å². The zero-order valence-electron chi connectivity index (χ0n) is 15.5. The highest BCUT2D eigenvalue weighted by Gasteiger charge is 2.16. The van der Waals surface area contributed by atoms with E-state index in [1.54, 1.807) is 36.5 Å². The van der Waals surface area contributed by atoms with E-state index >= 15 is 0 Å². The van der Waals surface area contributed by atoms with Gasteiger partial charge in [0.1, 0.15) is 0 Å². The monoisotopic (exact) mass is 367 g/mol. The van der Waals surface area contributed by atoms with E-state index in [9.17, 15) is 9.59 Å². The van der Waals surface area contributed by atoms with E-state index in [-0.39, 0.29) is 11.8 Å². The van der Waals surface area contributed by atoms with E-state index in [4.69, 9.17) is 4.74 Å². The number of benzene rings is 1. The number of carbonyl (C=O) groups excluding carboxylic acids is 2. The molecule has 2 aromatic rings. The molecule has 0 radical (unpaired) electrons. The molecule has 1 aliphatic carbocycles. The van der Waals surface area contributed by atoms with Crippen LogP contribution in [0.2, 0.25) is 0 Å². The van der Waals surface area contributed by atoms with Gasteiger partial charge in [-0.05, 0) is 55.2 Å². The Morgan fingerprint density at radius 2 is 1.81 bits per heavy atom. The third kappa shape index (κ3) is 5.54. The number of ether oxygens (including phenoxy) is 1. The van der Waals surface area contributed by atoms with Crippen molar-refractivity contribution < 1.29 is 14.3 Å². The second-order valence-electron chi connectivity index (χ2n) is 6.88. The van der Waals surface area contributed by atoms with Crippen LogP contribution in [0.15, 0.2) is 42.6 Å². The van der Waals surface area contributed by atoms with E-state index in [2.05, 4.69) is 15.6 Å². The van der Waals surface area contributed by atoms with E-state index < -0.39 is 0 Å². The highest BCUT2D eigenvalue weighted by Crippen LogP contribution is 2.27. The zero-order valence-corrected chi connectivity index (χ0v) is 15.5. The van der Waals surface area contributed by atoms with Crippen LogP contribution in [0.5, 0.6) is 5.75 Å². The molecule has 142 valence electrons. The van der Waals surface area contributed by atoms with Crippen molar-refractivity contribution in [2.45, 2.75) is 39.0 Å². The summed E-state index contributed by atoms with van der Waals surface area (Å²) in [7, 11) is 0. The minimum atomic E-state index is -0.273. The summed E-state index contributed by atoms with van der Waals surface area (Å²) in [5.74, 6) is 1.16. The summed E-state index contributed by atoms with van der Waals surface area (Å²) in [6, 6.07) is 10.3. The van der Waals surface area contributed by atoms with Crippen LogP contribution < -0.4 is 15.4 Å². The lowest BCUT2D eigenvalue weighted by atomic mass is 9.90. The highest BCUT2D eigenvalue weighted by atomic mass is 16.5. The Hall–Kier alpha value is -2.89. The molecule has 6 heteroatoms. The van der Waals surface area contributed by atoms with Crippen LogP contribution in [0, 0.1) is 5.92 Å². The van der Waals surface area contributed by atoms with Crippen LogP contribution in [0.4, 0.5) is 11.5 Å². The molecule has 1 saturated carbocycles. The lowest BCUT2D eigenvalue weighted by Gasteiger charge is -2.22. The van der Waals surface area contributed by atoms with Crippen LogP contribution in [0.3, 0.4) is 0 Å². The number of nitrogens with one attached hydrogen (secondary N) is 2. The topological polar surface area (TPSA) is 80.3 Å². The number of anilines is 2. The highest BCUT2D eigenvalue weighted by molar-refractivity contribution is 6.04. The number of nitrogens with zero attached hydrogens (tertiary/aromatic N) is 1. The average Bonchev–Trinajstić information content (AvgIpc) is 2.68. The molecule has 1 aromatic heterocycles. The maximum absolute atomic E-state index is 12.5. The third-order valence-corrected chi connectivity index (χ3v) is 4.67. The minimum absolute atomic E-state index is 0.152. The predicted octanol–water partition coefficient (Wildman–Crippen LogP) is 4.25. The van der Waals surface area contributed by atoms with Crippen molar-refractivity contribution in [1.29, 1.82) is 0 Å². The minimum Gasteiger partial charge on any atom is -0.489 e. The van der Waals surface area contributed by atoms with Gasteiger partial charge in [-0.15, -0.1) is 0 Å². The Labute approximate surface area is 159 Å². The quantitative estimate of drug-likeness (QED) is 0.800. The number of amides is 2. The van der Waals surface area contributed by atoms with Crippen molar-refractivity contribution in [2.24, 2.45) is 5.92 Å². The average molecular weight is 367 g/mol. The maximum Gasteiger partial charge on any atom is 0.256 e. The standard InChI is InChI=1S/C21H25N3O3/c1-15(25)23-18-11-9-17(10-12-18)21(26)24-20-19(8-5-13-22-20)27-14-16-6-3-2-4-7-16/h5,8-13,16H,2-4,6-7,14H2,1H3,(H,23,25)(H,22,24,26). The summed E-state index contributed by atoms with van der Waals surface area (Å²) in [6.07, 6.45) is 7.86. The smallest absolute Gasteiger partial charge is 0.256 e. The first-order valence-electron chi connectivity index (χ1n) is 9.38. The number of hydrogen-bond donors (Lipinski definition) is 2. The van der Waals surface area contributed by atoms with Gasteiger partial charge in [-0.25, -0.2) is 4.98 Å². The third-order valence-electron chi connectivity index (χ3n) is 4.67. The van der Waals surface area contributed by atoms with Crippen LogP contribution in [0.1, 0.15) is 49.4 Å².